The molecule has 0 atom stereocenters. The lowest BCUT2D eigenvalue weighted by molar-refractivity contribution is 0.272. The summed E-state index contributed by atoms with van der Waals surface area (Å²) in [6.45, 7) is 4.20. The summed E-state index contributed by atoms with van der Waals surface area (Å²) in [4.78, 5) is 2.44. The molecule has 0 aromatic heterocycles. The standard InChI is InChI=1S/C12H16N4O2S.ClH/c17-19(18)11-4-2-1-3-10(11)14-12(15-19)9-16-7-5-13-6-8-16;/h1-4,13H,5-9H2,(H,14,15);1H. The summed E-state index contributed by atoms with van der Waals surface area (Å²) in [7, 11) is -3.56. The number of benzene rings is 1. The van der Waals surface area contributed by atoms with Crippen molar-refractivity contribution in [3.05, 3.63) is 24.3 Å². The van der Waals surface area contributed by atoms with Crippen molar-refractivity contribution in [1.82, 2.24) is 10.2 Å². The van der Waals surface area contributed by atoms with Gasteiger partial charge in [0.05, 0.1) is 12.2 Å². The van der Waals surface area contributed by atoms with E-state index >= 15 is 0 Å². The zero-order chi connectivity index (χ0) is 13.3. The largest absolute Gasteiger partial charge is 0.341 e. The first-order chi connectivity index (χ1) is 9.15. The quantitative estimate of drug-likeness (QED) is 0.832. The van der Waals surface area contributed by atoms with Gasteiger partial charge in [-0.3, -0.25) is 4.90 Å². The van der Waals surface area contributed by atoms with Gasteiger partial charge in [-0.2, -0.15) is 8.42 Å². The molecule has 3 rings (SSSR count). The lowest BCUT2D eigenvalue weighted by Crippen LogP contribution is -2.47. The van der Waals surface area contributed by atoms with E-state index in [-0.39, 0.29) is 17.3 Å². The molecule has 20 heavy (non-hydrogen) atoms. The normalized spacial score (nSPS) is 21.1. The molecule has 2 aliphatic rings. The van der Waals surface area contributed by atoms with Crippen LogP contribution in [0.4, 0.5) is 5.69 Å². The topological polar surface area (TPSA) is 73.8 Å². The second-order valence-corrected chi connectivity index (χ2v) is 6.23. The Morgan fingerprint density at radius 3 is 2.65 bits per heavy atom. The molecule has 0 saturated carbocycles. The fourth-order valence-corrected chi connectivity index (χ4v) is 3.46. The van der Waals surface area contributed by atoms with Crippen LogP contribution in [0.25, 0.3) is 0 Å². The minimum absolute atomic E-state index is 0. The predicted octanol–water partition coefficient (Wildman–Crippen LogP) is 0.526. The van der Waals surface area contributed by atoms with E-state index in [2.05, 4.69) is 19.9 Å². The van der Waals surface area contributed by atoms with E-state index in [0.29, 0.717) is 18.1 Å². The number of fused-ring (bicyclic) bond motifs is 1. The summed E-state index contributed by atoms with van der Waals surface area (Å²) < 4.78 is 28.0. The second-order valence-electron chi connectivity index (χ2n) is 4.66. The Hall–Kier alpha value is -1.15. The third-order valence-corrected chi connectivity index (χ3v) is 4.63. The lowest BCUT2D eigenvalue weighted by atomic mass is 10.3. The molecular weight excluding hydrogens is 300 g/mol. The van der Waals surface area contributed by atoms with Crippen LogP contribution in [0.1, 0.15) is 0 Å². The second kappa shape index (κ2) is 6.09. The molecule has 0 aliphatic carbocycles. The molecule has 0 unspecified atom stereocenters. The molecular formula is C12H17ClN4O2S. The highest BCUT2D eigenvalue weighted by Gasteiger charge is 2.25. The molecule has 2 N–H and O–H groups in total. The zero-order valence-electron chi connectivity index (χ0n) is 10.9. The summed E-state index contributed by atoms with van der Waals surface area (Å²) in [6.07, 6.45) is 0. The van der Waals surface area contributed by atoms with Crippen molar-refractivity contribution < 1.29 is 8.42 Å². The van der Waals surface area contributed by atoms with Gasteiger partial charge in [0.15, 0.2) is 0 Å². The molecule has 0 spiro atoms. The van der Waals surface area contributed by atoms with Crippen LogP contribution in [-0.2, 0) is 10.0 Å². The highest BCUT2D eigenvalue weighted by molar-refractivity contribution is 7.90. The summed E-state index contributed by atoms with van der Waals surface area (Å²) in [5.74, 6) is 0.501. The monoisotopic (exact) mass is 316 g/mol. The van der Waals surface area contributed by atoms with Gasteiger partial charge in [0.2, 0.25) is 0 Å². The number of hydrogen-bond donors (Lipinski definition) is 2. The van der Waals surface area contributed by atoms with Crippen molar-refractivity contribution in [2.75, 3.05) is 38.0 Å². The van der Waals surface area contributed by atoms with Crippen molar-refractivity contribution in [3.8, 4) is 0 Å². The van der Waals surface area contributed by atoms with Gasteiger partial charge in [0.25, 0.3) is 10.0 Å². The zero-order valence-corrected chi connectivity index (χ0v) is 12.5. The number of anilines is 1. The van der Waals surface area contributed by atoms with E-state index in [1.54, 1.807) is 18.2 Å². The van der Waals surface area contributed by atoms with E-state index < -0.39 is 10.0 Å². The third kappa shape index (κ3) is 3.12. The van der Waals surface area contributed by atoms with Gasteiger partial charge in [-0.05, 0) is 12.1 Å². The van der Waals surface area contributed by atoms with Crippen LogP contribution >= 0.6 is 12.4 Å². The van der Waals surface area contributed by atoms with Crippen LogP contribution in [-0.4, -0.2) is 51.9 Å². The maximum atomic E-state index is 12.1. The highest BCUT2D eigenvalue weighted by Crippen LogP contribution is 2.26. The Kier molecular flexibility index (Phi) is 4.64. The van der Waals surface area contributed by atoms with Crippen LogP contribution in [0.5, 0.6) is 0 Å². The number of rotatable bonds is 2. The lowest BCUT2D eigenvalue weighted by Gasteiger charge is -2.28. The first-order valence-corrected chi connectivity index (χ1v) is 7.72. The Morgan fingerprint density at radius 2 is 1.90 bits per heavy atom. The maximum Gasteiger partial charge on any atom is 0.286 e. The van der Waals surface area contributed by atoms with Gasteiger partial charge in [-0.25, -0.2) is 0 Å². The Bertz CT molecular complexity index is 612. The number of amidine groups is 1. The molecule has 6 nitrogen and oxygen atoms in total. The summed E-state index contributed by atoms with van der Waals surface area (Å²) >= 11 is 0. The number of nitrogens with zero attached hydrogens (tertiary/aromatic N) is 2. The summed E-state index contributed by atoms with van der Waals surface area (Å²) in [5.41, 5.74) is 0.614. The van der Waals surface area contributed by atoms with E-state index in [1.165, 1.54) is 0 Å². The number of hydrogen-bond acceptors (Lipinski definition) is 5. The SMILES string of the molecule is Cl.O=S1(=O)N=C(CN2CCNCC2)Nc2ccccc21. The molecule has 110 valence electrons. The fourth-order valence-electron chi connectivity index (χ4n) is 2.32. The van der Waals surface area contributed by atoms with Crippen molar-refractivity contribution >= 4 is 34.0 Å². The molecule has 1 fully saturated rings. The van der Waals surface area contributed by atoms with Gasteiger partial charge in [-0.15, -0.1) is 16.8 Å². The molecule has 2 heterocycles. The summed E-state index contributed by atoms with van der Waals surface area (Å²) in [6, 6.07) is 6.85. The maximum absolute atomic E-state index is 12.1. The molecule has 0 amide bonds. The average molecular weight is 317 g/mol. The molecule has 1 saturated heterocycles. The predicted molar refractivity (Wildman–Crippen MR) is 81.2 cm³/mol. The molecule has 1 aromatic carbocycles. The Labute approximate surface area is 124 Å². The van der Waals surface area contributed by atoms with Gasteiger partial charge >= 0.3 is 0 Å². The Balaban J connectivity index is 0.00000147. The number of para-hydroxylation sites is 1. The molecule has 0 radical (unpaired) electrons. The molecule has 8 heteroatoms. The van der Waals surface area contributed by atoms with Crippen LogP contribution in [0, 0.1) is 0 Å². The van der Waals surface area contributed by atoms with Crippen LogP contribution < -0.4 is 10.6 Å². The van der Waals surface area contributed by atoms with E-state index in [0.717, 1.165) is 26.2 Å². The molecule has 2 aliphatic heterocycles. The van der Waals surface area contributed by atoms with Gasteiger partial charge in [0.1, 0.15) is 10.7 Å². The average Bonchev–Trinajstić information content (AvgIpc) is 2.39. The molecule has 1 aromatic rings. The van der Waals surface area contributed by atoms with Crippen LogP contribution in [0.15, 0.2) is 33.6 Å². The van der Waals surface area contributed by atoms with Gasteiger partial charge in [-0.1, -0.05) is 12.1 Å². The van der Waals surface area contributed by atoms with Crippen molar-refractivity contribution in [2.45, 2.75) is 4.90 Å². The number of halogens is 1. The summed E-state index contributed by atoms with van der Waals surface area (Å²) in [5, 5.41) is 6.37. The first kappa shape index (κ1) is 15.2. The van der Waals surface area contributed by atoms with Crippen molar-refractivity contribution in [2.24, 2.45) is 4.40 Å². The van der Waals surface area contributed by atoms with Crippen LogP contribution in [0.3, 0.4) is 0 Å². The molecule has 0 bridgehead atoms. The fraction of sp³-hybridized carbons (Fsp3) is 0.417. The number of piperazine rings is 1. The van der Waals surface area contributed by atoms with Gasteiger partial charge in [0, 0.05) is 26.2 Å². The minimum Gasteiger partial charge on any atom is -0.341 e. The third-order valence-electron chi connectivity index (χ3n) is 3.26. The smallest absolute Gasteiger partial charge is 0.286 e. The number of sulfonamides is 1. The van der Waals surface area contributed by atoms with E-state index in [9.17, 15) is 8.42 Å². The first-order valence-electron chi connectivity index (χ1n) is 6.28. The van der Waals surface area contributed by atoms with Crippen LogP contribution in [0.2, 0.25) is 0 Å². The minimum atomic E-state index is -3.56. The van der Waals surface area contributed by atoms with Crippen molar-refractivity contribution in [3.63, 3.8) is 0 Å². The van der Waals surface area contributed by atoms with E-state index in [4.69, 9.17) is 0 Å². The van der Waals surface area contributed by atoms with Crippen molar-refractivity contribution in [1.29, 1.82) is 0 Å². The van der Waals surface area contributed by atoms with Gasteiger partial charge < -0.3 is 10.6 Å². The Morgan fingerprint density at radius 1 is 1.20 bits per heavy atom. The number of nitrogens with one attached hydrogen (secondary N) is 2. The van der Waals surface area contributed by atoms with E-state index in [1.807, 2.05) is 6.07 Å². The highest BCUT2D eigenvalue weighted by atomic mass is 35.5.